The summed E-state index contributed by atoms with van der Waals surface area (Å²) in [5.74, 6) is -1.06. The molecule has 2 nitrogen and oxygen atoms in total. The Balaban J connectivity index is 2.56. The highest BCUT2D eigenvalue weighted by atomic mass is 32.1. The van der Waals surface area contributed by atoms with Crippen LogP contribution in [0, 0.1) is 17.1 Å². The van der Waals surface area contributed by atoms with Crippen molar-refractivity contribution in [3.63, 3.8) is 0 Å². The highest BCUT2D eigenvalue weighted by Crippen LogP contribution is 2.31. The van der Waals surface area contributed by atoms with E-state index < -0.39 is 5.82 Å². The molecule has 0 radical (unpaired) electrons. The molecule has 4 heteroatoms. The fourth-order valence-electron chi connectivity index (χ4n) is 1.27. The van der Waals surface area contributed by atoms with Crippen LogP contribution in [0.1, 0.15) is 5.56 Å². The fraction of sp³-hybridized carbons (Fsp3) is 0. The summed E-state index contributed by atoms with van der Waals surface area (Å²) in [6.07, 6.45) is 0. The number of halogens is 1. The molecular weight excluding hydrogens is 213 g/mol. The lowest BCUT2D eigenvalue weighted by molar-refractivity contribution is 0.432. The van der Waals surface area contributed by atoms with E-state index in [4.69, 9.17) is 10.4 Å². The molecule has 2 rings (SSSR count). The molecule has 1 aromatic carbocycles. The summed E-state index contributed by atoms with van der Waals surface area (Å²) in [7, 11) is 0. The summed E-state index contributed by atoms with van der Waals surface area (Å²) in [5.41, 5.74) is 1.13. The summed E-state index contributed by atoms with van der Waals surface area (Å²) in [4.78, 5) is 0.719. The van der Waals surface area contributed by atoms with Crippen LogP contribution in [0.5, 0.6) is 5.75 Å². The Labute approximate surface area is 89.8 Å². The average molecular weight is 219 g/mol. The van der Waals surface area contributed by atoms with Crippen LogP contribution >= 0.6 is 11.3 Å². The molecule has 1 aromatic heterocycles. The van der Waals surface area contributed by atoms with Gasteiger partial charge in [0.2, 0.25) is 0 Å². The van der Waals surface area contributed by atoms with Crippen LogP contribution in [0.25, 0.3) is 10.4 Å². The van der Waals surface area contributed by atoms with E-state index in [0.717, 1.165) is 4.88 Å². The van der Waals surface area contributed by atoms with E-state index in [2.05, 4.69) is 0 Å². The second-order valence-electron chi connectivity index (χ2n) is 2.94. The van der Waals surface area contributed by atoms with Crippen LogP contribution in [-0.4, -0.2) is 5.11 Å². The quantitative estimate of drug-likeness (QED) is 0.800. The van der Waals surface area contributed by atoms with E-state index in [9.17, 15) is 4.39 Å². The van der Waals surface area contributed by atoms with Crippen LogP contribution in [0.3, 0.4) is 0 Å². The molecule has 0 aliphatic carbocycles. The lowest BCUT2D eigenvalue weighted by Gasteiger charge is -2.00. The van der Waals surface area contributed by atoms with E-state index in [1.54, 1.807) is 17.5 Å². The highest BCUT2D eigenvalue weighted by molar-refractivity contribution is 7.13. The number of phenolic OH excluding ortho intramolecular Hbond substituents is 1. The number of phenols is 1. The maximum atomic E-state index is 13.1. The Morgan fingerprint density at radius 3 is 2.80 bits per heavy atom. The van der Waals surface area contributed by atoms with Gasteiger partial charge in [0, 0.05) is 0 Å². The molecule has 0 saturated carbocycles. The number of rotatable bonds is 1. The van der Waals surface area contributed by atoms with Gasteiger partial charge in [0.25, 0.3) is 0 Å². The van der Waals surface area contributed by atoms with Crippen molar-refractivity contribution in [2.24, 2.45) is 0 Å². The van der Waals surface area contributed by atoms with E-state index in [1.807, 2.05) is 6.07 Å². The van der Waals surface area contributed by atoms with Crippen molar-refractivity contribution in [1.29, 1.82) is 5.26 Å². The predicted octanol–water partition coefficient (Wildman–Crippen LogP) is 3.13. The van der Waals surface area contributed by atoms with Crippen LogP contribution < -0.4 is 0 Å². The molecule has 0 atom stereocenters. The number of thiophene rings is 1. The van der Waals surface area contributed by atoms with Crippen molar-refractivity contribution < 1.29 is 9.50 Å². The summed E-state index contributed by atoms with van der Waals surface area (Å²) in [5, 5.41) is 19.6. The van der Waals surface area contributed by atoms with E-state index >= 15 is 0 Å². The first-order chi connectivity index (χ1) is 7.22. The Morgan fingerprint density at radius 2 is 2.13 bits per heavy atom. The van der Waals surface area contributed by atoms with Crippen molar-refractivity contribution in [1.82, 2.24) is 0 Å². The van der Waals surface area contributed by atoms with E-state index in [0.29, 0.717) is 11.1 Å². The summed E-state index contributed by atoms with van der Waals surface area (Å²) < 4.78 is 13.1. The van der Waals surface area contributed by atoms with Crippen molar-refractivity contribution in [3.05, 3.63) is 41.0 Å². The standard InChI is InChI=1S/C11H6FNOS/c12-9-5-7(1-2-10(9)14)11-8(6-13)3-4-15-11/h1-5,14H. The zero-order chi connectivity index (χ0) is 10.8. The topological polar surface area (TPSA) is 44.0 Å². The normalized spacial score (nSPS) is 9.87. The van der Waals surface area contributed by atoms with Gasteiger partial charge in [-0.05, 0) is 35.2 Å². The van der Waals surface area contributed by atoms with Gasteiger partial charge in [-0.3, -0.25) is 0 Å². The minimum atomic E-state index is -0.676. The van der Waals surface area contributed by atoms with Gasteiger partial charge >= 0.3 is 0 Å². The molecular formula is C11H6FNOS. The van der Waals surface area contributed by atoms with E-state index in [1.165, 1.54) is 23.5 Å². The number of benzene rings is 1. The summed E-state index contributed by atoms with van der Waals surface area (Å²) >= 11 is 1.37. The van der Waals surface area contributed by atoms with Crippen molar-refractivity contribution in [3.8, 4) is 22.3 Å². The van der Waals surface area contributed by atoms with Gasteiger partial charge in [0.05, 0.1) is 10.4 Å². The molecule has 0 fully saturated rings. The van der Waals surface area contributed by atoms with Gasteiger partial charge in [0.1, 0.15) is 6.07 Å². The van der Waals surface area contributed by atoms with Crippen LogP contribution in [0.2, 0.25) is 0 Å². The SMILES string of the molecule is N#Cc1ccsc1-c1ccc(O)c(F)c1. The number of hydrogen-bond donors (Lipinski definition) is 1. The van der Waals surface area contributed by atoms with Crippen molar-refractivity contribution in [2.75, 3.05) is 0 Å². The summed E-state index contributed by atoms with van der Waals surface area (Å²) in [6.45, 7) is 0. The van der Waals surface area contributed by atoms with Crippen LogP contribution in [-0.2, 0) is 0 Å². The lowest BCUT2D eigenvalue weighted by atomic mass is 10.1. The first-order valence-electron chi connectivity index (χ1n) is 4.19. The van der Waals surface area contributed by atoms with Gasteiger partial charge in [-0.1, -0.05) is 0 Å². The van der Waals surface area contributed by atoms with Gasteiger partial charge in [-0.2, -0.15) is 5.26 Å². The zero-order valence-corrected chi connectivity index (χ0v) is 8.38. The second kappa shape index (κ2) is 3.71. The molecule has 0 aliphatic heterocycles. The second-order valence-corrected chi connectivity index (χ2v) is 3.86. The maximum Gasteiger partial charge on any atom is 0.165 e. The molecule has 2 aromatic rings. The highest BCUT2D eigenvalue weighted by Gasteiger charge is 2.08. The predicted molar refractivity (Wildman–Crippen MR) is 56.1 cm³/mol. The third-order valence-electron chi connectivity index (χ3n) is 2.00. The molecule has 0 unspecified atom stereocenters. The van der Waals surface area contributed by atoms with Gasteiger partial charge in [-0.25, -0.2) is 4.39 Å². The molecule has 15 heavy (non-hydrogen) atoms. The first kappa shape index (κ1) is 9.69. The Hall–Kier alpha value is -1.86. The van der Waals surface area contributed by atoms with Gasteiger partial charge < -0.3 is 5.11 Å². The van der Waals surface area contributed by atoms with Crippen molar-refractivity contribution in [2.45, 2.75) is 0 Å². The Bertz CT molecular complexity index is 542. The Morgan fingerprint density at radius 1 is 1.33 bits per heavy atom. The first-order valence-corrected chi connectivity index (χ1v) is 5.07. The minimum Gasteiger partial charge on any atom is -0.505 e. The smallest absolute Gasteiger partial charge is 0.165 e. The van der Waals surface area contributed by atoms with Crippen LogP contribution in [0.4, 0.5) is 4.39 Å². The van der Waals surface area contributed by atoms with Gasteiger partial charge in [0.15, 0.2) is 11.6 Å². The molecule has 74 valence electrons. The monoisotopic (exact) mass is 219 g/mol. The van der Waals surface area contributed by atoms with Crippen molar-refractivity contribution >= 4 is 11.3 Å². The molecule has 0 spiro atoms. The molecule has 0 saturated heterocycles. The molecule has 0 bridgehead atoms. The lowest BCUT2D eigenvalue weighted by Crippen LogP contribution is -1.80. The third kappa shape index (κ3) is 1.69. The Kier molecular flexibility index (Phi) is 2.40. The average Bonchev–Trinajstić information content (AvgIpc) is 2.70. The molecule has 0 amide bonds. The number of nitrogens with zero attached hydrogens (tertiary/aromatic N) is 1. The third-order valence-corrected chi connectivity index (χ3v) is 2.96. The number of aromatic hydroxyl groups is 1. The minimum absolute atomic E-state index is 0.381. The van der Waals surface area contributed by atoms with E-state index in [-0.39, 0.29) is 5.75 Å². The summed E-state index contributed by atoms with van der Waals surface area (Å²) in [6, 6.07) is 7.81. The zero-order valence-electron chi connectivity index (χ0n) is 7.57. The molecule has 0 aliphatic rings. The maximum absolute atomic E-state index is 13.1. The number of nitriles is 1. The number of hydrogen-bond acceptors (Lipinski definition) is 3. The molecule has 1 N–H and O–H groups in total. The fourth-order valence-corrected chi connectivity index (χ4v) is 2.11. The largest absolute Gasteiger partial charge is 0.505 e. The molecule has 1 heterocycles. The van der Waals surface area contributed by atoms with Gasteiger partial charge in [-0.15, -0.1) is 11.3 Å². The van der Waals surface area contributed by atoms with Crippen LogP contribution in [0.15, 0.2) is 29.6 Å².